The third kappa shape index (κ3) is 3.41. The Labute approximate surface area is 174 Å². The number of nitrogens with zero attached hydrogens (tertiary/aromatic N) is 3. The van der Waals surface area contributed by atoms with Gasteiger partial charge in [-0.25, -0.2) is 4.40 Å². The average Bonchev–Trinajstić information content (AvgIpc) is 3.29. The van der Waals surface area contributed by atoms with Crippen molar-refractivity contribution >= 4 is 34.0 Å². The Morgan fingerprint density at radius 1 is 1.00 bits per heavy atom. The molecule has 0 saturated heterocycles. The molecule has 0 aliphatic carbocycles. The molecule has 4 aromatic rings. The summed E-state index contributed by atoms with van der Waals surface area (Å²) < 4.78 is 18.2. The Hall–Kier alpha value is -3.10. The first-order valence-electron chi connectivity index (χ1n) is 8.51. The molecule has 0 bridgehead atoms. The van der Waals surface area contributed by atoms with Crippen LogP contribution in [0.4, 0.5) is 0 Å². The molecule has 148 valence electrons. The van der Waals surface area contributed by atoms with Gasteiger partial charge in [0.05, 0.1) is 25.9 Å². The van der Waals surface area contributed by atoms with Gasteiger partial charge < -0.3 is 14.2 Å². The Morgan fingerprint density at radius 2 is 1.66 bits per heavy atom. The number of halogens is 1. The summed E-state index contributed by atoms with van der Waals surface area (Å²) in [5.74, 6) is 1.80. The first kappa shape index (κ1) is 19.2. The predicted octanol–water partition coefficient (Wildman–Crippen LogP) is 3.04. The molecule has 0 saturated carbocycles. The molecular formula is C20H16ClN3O4S. The highest BCUT2D eigenvalue weighted by atomic mass is 35.5. The minimum absolute atomic E-state index is 0.200. The van der Waals surface area contributed by atoms with E-state index in [2.05, 4.69) is 10.2 Å². The summed E-state index contributed by atoms with van der Waals surface area (Å²) in [6.07, 6.45) is 1.80. The van der Waals surface area contributed by atoms with Gasteiger partial charge in [-0.3, -0.25) is 4.79 Å². The van der Waals surface area contributed by atoms with Crippen LogP contribution in [0.5, 0.6) is 17.2 Å². The van der Waals surface area contributed by atoms with E-state index in [4.69, 9.17) is 25.8 Å². The third-order valence-electron chi connectivity index (χ3n) is 4.34. The Balaban J connectivity index is 1.90. The van der Waals surface area contributed by atoms with Crippen LogP contribution in [0.2, 0.25) is 5.02 Å². The minimum Gasteiger partial charge on any atom is -0.493 e. The lowest BCUT2D eigenvalue weighted by atomic mass is 10.1. The van der Waals surface area contributed by atoms with E-state index >= 15 is 0 Å². The molecule has 0 atom stereocenters. The summed E-state index contributed by atoms with van der Waals surface area (Å²) in [5.41, 5.74) is 1.30. The van der Waals surface area contributed by atoms with Gasteiger partial charge in [-0.1, -0.05) is 35.1 Å². The largest absolute Gasteiger partial charge is 0.493 e. The van der Waals surface area contributed by atoms with Crippen molar-refractivity contribution in [3.05, 3.63) is 61.9 Å². The fourth-order valence-corrected chi connectivity index (χ4v) is 4.01. The summed E-state index contributed by atoms with van der Waals surface area (Å²) in [5, 5.41) is 8.99. The Kier molecular flexibility index (Phi) is 5.12. The highest BCUT2D eigenvalue weighted by Crippen LogP contribution is 2.40. The van der Waals surface area contributed by atoms with E-state index in [-0.39, 0.29) is 5.56 Å². The highest BCUT2D eigenvalue weighted by molar-refractivity contribution is 7.15. The second-order valence-electron chi connectivity index (χ2n) is 6.02. The smallest absolute Gasteiger partial charge is 0.276 e. The molecule has 0 spiro atoms. The molecule has 9 heteroatoms. The van der Waals surface area contributed by atoms with E-state index in [0.29, 0.717) is 43.2 Å². The molecule has 7 nitrogen and oxygen atoms in total. The normalized spacial score (nSPS) is 11.8. The lowest BCUT2D eigenvalue weighted by Crippen LogP contribution is -2.23. The molecule has 0 radical (unpaired) electrons. The molecule has 29 heavy (non-hydrogen) atoms. The Morgan fingerprint density at radius 3 is 2.24 bits per heavy atom. The average molecular weight is 430 g/mol. The van der Waals surface area contributed by atoms with Crippen molar-refractivity contribution < 1.29 is 14.2 Å². The summed E-state index contributed by atoms with van der Waals surface area (Å²) in [4.78, 5) is 13.5. The van der Waals surface area contributed by atoms with Gasteiger partial charge in [0.15, 0.2) is 17.3 Å². The maximum absolute atomic E-state index is 13.0. The van der Waals surface area contributed by atoms with Crippen LogP contribution < -0.4 is 24.3 Å². The molecule has 0 N–H and O–H groups in total. The molecule has 4 rings (SSSR count). The van der Waals surface area contributed by atoms with Crippen molar-refractivity contribution in [2.75, 3.05) is 21.3 Å². The van der Waals surface area contributed by atoms with Gasteiger partial charge in [-0.15, -0.1) is 10.2 Å². The van der Waals surface area contributed by atoms with Gasteiger partial charge in [-0.05, 0) is 35.9 Å². The molecule has 2 heterocycles. The number of rotatable bonds is 5. The second kappa shape index (κ2) is 7.73. The number of hydrogen-bond acceptors (Lipinski definition) is 7. The van der Waals surface area contributed by atoms with E-state index in [0.717, 1.165) is 5.56 Å². The number of thiazole rings is 1. The Bertz CT molecular complexity index is 1270. The van der Waals surface area contributed by atoms with E-state index in [1.54, 1.807) is 30.3 Å². The molecule has 0 amide bonds. The molecule has 0 fully saturated rings. The van der Waals surface area contributed by atoms with Gasteiger partial charge in [0, 0.05) is 10.6 Å². The zero-order valence-corrected chi connectivity index (χ0v) is 17.4. The lowest BCUT2D eigenvalue weighted by molar-refractivity contribution is 0.324. The molecule has 0 aliphatic heterocycles. The summed E-state index contributed by atoms with van der Waals surface area (Å²) in [7, 11) is 4.59. The minimum atomic E-state index is -0.200. The zero-order valence-electron chi connectivity index (χ0n) is 15.8. The van der Waals surface area contributed by atoms with Crippen LogP contribution in [0.1, 0.15) is 5.56 Å². The maximum Gasteiger partial charge on any atom is 0.276 e. The van der Waals surface area contributed by atoms with Crippen molar-refractivity contribution in [2.45, 2.75) is 0 Å². The van der Waals surface area contributed by atoms with Crippen molar-refractivity contribution in [3.8, 4) is 28.6 Å². The van der Waals surface area contributed by atoms with Crippen molar-refractivity contribution in [1.29, 1.82) is 0 Å². The third-order valence-corrected chi connectivity index (χ3v) is 5.55. The van der Waals surface area contributed by atoms with Crippen molar-refractivity contribution in [3.63, 3.8) is 0 Å². The first-order valence-corrected chi connectivity index (χ1v) is 9.70. The van der Waals surface area contributed by atoms with Gasteiger partial charge in [0.25, 0.3) is 5.56 Å². The first-order chi connectivity index (χ1) is 14.0. The summed E-state index contributed by atoms with van der Waals surface area (Å²) in [6.45, 7) is 0. The zero-order chi connectivity index (χ0) is 20.5. The molecule has 2 aromatic heterocycles. The fourth-order valence-electron chi connectivity index (χ4n) is 2.97. The van der Waals surface area contributed by atoms with Crippen LogP contribution in [0.25, 0.3) is 22.4 Å². The van der Waals surface area contributed by atoms with Crippen molar-refractivity contribution in [2.24, 2.45) is 0 Å². The standard InChI is InChI=1S/C20H16ClN3O4S/c1-26-14-9-12(10-15(27-2)17(14)28-3)18-22-23-20-24(18)19(25)16(29-20)8-11-4-6-13(21)7-5-11/h4-10H,1-3H3/b16-8-. The highest BCUT2D eigenvalue weighted by Gasteiger charge is 2.19. The van der Waals surface area contributed by atoms with Gasteiger partial charge in [0.1, 0.15) is 0 Å². The number of methoxy groups -OCH3 is 3. The molecule has 0 aliphatic rings. The van der Waals surface area contributed by atoms with Gasteiger partial charge in [-0.2, -0.15) is 0 Å². The molecule has 2 aromatic carbocycles. The van der Waals surface area contributed by atoms with Gasteiger partial charge >= 0.3 is 0 Å². The fraction of sp³-hybridized carbons (Fsp3) is 0.150. The summed E-state index contributed by atoms with van der Waals surface area (Å²) in [6, 6.07) is 10.7. The quantitative estimate of drug-likeness (QED) is 0.485. The molecule has 0 unspecified atom stereocenters. The second-order valence-corrected chi connectivity index (χ2v) is 7.47. The lowest BCUT2D eigenvalue weighted by Gasteiger charge is -2.13. The van der Waals surface area contributed by atoms with Crippen LogP contribution in [0.15, 0.2) is 41.2 Å². The number of aromatic nitrogens is 3. The number of ether oxygens (including phenoxy) is 3. The van der Waals surface area contributed by atoms with Gasteiger partial charge in [0.2, 0.25) is 10.7 Å². The number of hydrogen-bond donors (Lipinski definition) is 0. The van der Waals surface area contributed by atoms with E-state index in [9.17, 15) is 4.79 Å². The SMILES string of the molecule is COc1cc(-c2nnc3s/c(=C\c4ccc(Cl)cc4)c(=O)n23)cc(OC)c1OC. The topological polar surface area (TPSA) is 75.0 Å². The monoisotopic (exact) mass is 429 g/mol. The van der Waals surface area contributed by atoms with E-state index in [1.165, 1.54) is 37.1 Å². The summed E-state index contributed by atoms with van der Waals surface area (Å²) >= 11 is 7.19. The van der Waals surface area contributed by atoms with Crippen LogP contribution in [0.3, 0.4) is 0 Å². The number of fused-ring (bicyclic) bond motifs is 1. The number of benzene rings is 2. The van der Waals surface area contributed by atoms with Crippen LogP contribution in [-0.4, -0.2) is 35.9 Å². The molecular weight excluding hydrogens is 414 g/mol. The maximum atomic E-state index is 13.0. The van der Waals surface area contributed by atoms with Crippen LogP contribution in [0, 0.1) is 0 Å². The van der Waals surface area contributed by atoms with Crippen LogP contribution in [-0.2, 0) is 0 Å². The van der Waals surface area contributed by atoms with E-state index < -0.39 is 0 Å². The van der Waals surface area contributed by atoms with Crippen molar-refractivity contribution in [1.82, 2.24) is 14.6 Å². The predicted molar refractivity (Wildman–Crippen MR) is 112 cm³/mol. The van der Waals surface area contributed by atoms with Crippen LogP contribution >= 0.6 is 22.9 Å². The van der Waals surface area contributed by atoms with E-state index in [1.807, 2.05) is 12.1 Å².